The van der Waals surface area contributed by atoms with Gasteiger partial charge in [0.15, 0.2) is 0 Å². The predicted molar refractivity (Wildman–Crippen MR) is 34.6 cm³/mol. The summed E-state index contributed by atoms with van der Waals surface area (Å²) >= 11 is 5.69. The van der Waals surface area contributed by atoms with Crippen molar-refractivity contribution < 1.29 is 9.90 Å². The standard InChI is InChI=1S/C6H9ClO2/c7-5(3-6(8)9)4-1-2-4/h4-5H,1-3H2,(H,8,9). The van der Waals surface area contributed by atoms with Crippen molar-refractivity contribution in [3.8, 4) is 0 Å². The zero-order valence-electron chi connectivity index (χ0n) is 5.01. The van der Waals surface area contributed by atoms with Crippen LogP contribution in [0.4, 0.5) is 0 Å². The number of rotatable bonds is 3. The summed E-state index contributed by atoms with van der Waals surface area (Å²) in [7, 11) is 0. The van der Waals surface area contributed by atoms with E-state index in [4.69, 9.17) is 16.7 Å². The quantitative estimate of drug-likeness (QED) is 0.616. The number of carbonyl (C=O) groups is 1. The maximum atomic E-state index is 10.1. The average molecular weight is 149 g/mol. The highest BCUT2D eigenvalue weighted by Crippen LogP contribution is 2.36. The first-order valence-electron chi connectivity index (χ1n) is 3.06. The summed E-state index contributed by atoms with van der Waals surface area (Å²) < 4.78 is 0. The molecule has 9 heavy (non-hydrogen) atoms. The molecular formula is C6H9ClO2. The normalized spacial score (nSPS) is 21.4. The molecule has 0 aromatic carbocycles. The fourth-order valence-electron chi connectivity index (χ4n) is 0.791. The van der Waals surface area contributed by atoms with Crippen molar-refractivity contribution in [3.63, 3.8) is 0 Å². The van der Waals surface area contributed by atoms with E-state index >= 15 is 0 Å². The largest absolute Gasteiger partial charge is 0.481 e. The van der Waals surface area contributed by atoms with E-state index in [1.54, 1.807) is 0 Å². The van der Waals surface area contributed by atoms with Crippen molar-refractivity contribution in [3.05, 3.63) is 0 Å². The lowest BCUT2D eigenvalue weighted by molar-refractivity contribution is -0.137. The molecule has 0 aliphatic heterocycles. The second-order valence-corrected chi connectivity index (χ2v) is 3.01. The highest BCUT2D eigenvalue weighted by molar-refractivity contribution is 6.21. The van der Waals surface area contributed by atoms with Gasteiger partial charge in [0.05, 0.1) is 6.42 Å². The predicted octanol–water partition coefficient (Wildman–Crippen LogP) is 1.48. The number of hydrogen-bond donors (Lipinski definition) is 1. The molecule has 1 fully saturated rings. The van der Waals surface area contributed by atoms with E-state index in [1.165, 1.54) is 0 Å². The molecule has 52 valence electrons. The van der Waals surface area contributed by atoms with Crippen molar-refractivity contribution in [1.82, 2.24) is 0 Å². The van der Waals surface area contributed by atoms with Crippen LogP contribution in [0.2, 0.25) is 0 Å². The second-order valence-electron chi connectivity index (χ2n) is 2.45. The fourth-order valence-corrected chi connectivity index (χ4v) is 1.18. The molecule has 0 aromatic heterocycles. The minimum Gasteiger partial charge on any atom is -0.481 e. The Balaban J connectivity index is 2.17. The first-order chi connectivity index (χ1) is 4.20. The van der Waals surface area contributed by atoms with Gasteiger partial charge >= 0.3 is 5.97 Å². The molecule has 0 amide bonds. The summed E-state index contributed by atoms with van der Waals surface area (Å²) in [6.07, 6.45) is 2.34. The minimum absolute atomic E-state index is 0.117. The molecule has 1 rings (SSSR count). The number of hydrogen-bond acceptors (Lipinski definition) is 1. The van der Waals surface area contributed by atoms with E-state index in [0.717, 1.165) is 12.8 Å². The van der Waals surface area contributed by atoms with Gasteiger partial charge in [-0.3, -0.25) is 4.79 Å². The van der Waals surface area contributed by atoms with E-state index < -0.39 is 5.97 Å². The van der Waals surface area contributed by atoms with Gasteiger partial charge in [0.1, 0.15) is 0 Å². The third kappa shape index (κ3) is 2.22. The highest BCUT2D eigenvalue weighted by Gasteiger charge is 2.30. The van der Waals surface area contributed by atoms with E-state index in [2.05, 4.69) is 0 Å². The molecule has 3 heteroatoms. The Kier molecular flexibility index (Phi) is 1.96. The number of carboxylic acid groups (broad SMARTS) is 1. The van der Waals surface area contributed by atoms with E-state index in [0.29, 0.717) is 5.92 Å². The first kappa shape index (κ1) is 6.87. The molecule has 1 saturated carbocycles. The van der Waals surface area contributed by atoms with Crippen molar-refractivity contribution in [1.29, 1.82) is 0 Å². The first-order valence-corrected chi connectivity index (χ1v) is 3.49. The van der Waals surface area contributed by atoms with E-state index in [-0.39, 0.29) is 11.8 Å². The van der Waals surface area contributed by atoms with Crippen LogP contribution >= 0.6 is 11.6 Å². The smallest absolute Gasteiger partial charge is 0.304 e. The summed E-state index contributed by atoms with van der Waals surface area (Å²) in [5.74, 6) is -0.301. The molecule has 1 aliphatic rings. The molecule has 0 radical (unpaired) electrons. The highest BCUT2D eigenvalue weighted by atomic mass is 35.5. The van der Waals surface area contributed by atoms with Crippen LogP contribution in [0.5, 0.6) is 0 Å². The summed E-state index contributed by atoms with van der Waals surface area (Å²) in [5.41, 5.74) is 0. The Bertz CT molecular complexity index is 120. The Labute approximate surface area is 58.8 Å². The second kappa shape index (κ2) is 2.56. The van der Waals surface area contributed by atoms with Gasteiger partial charge in [-0.15, -0.1) is 11.6 Å². The van der Waals surface area contributed by atoms with Gasteiger partial charge in [-0.05, 0) is 18.8 Å². The summed E-state index contributed by atoms with van der Waals surface area (Å²) in [5, 5.41) is 8.15. The Morgan fingerprint density at radius 3 is 2.67 bits per heavy atom. The Hall–Kier alpha value is -0.240. The van der Waals surface area contributed by atoms with Gasteiger partial charge < -0.3 is 5.11 Å². The number of aliphatic carboxylic acids is 1. The van der Waals surface area contributed by atoms with Crippen molar-refractivity contribution >= 4 is 17.6 Å². The van der Waals surface area contributed by atoms with Gasteiger partial charge in [0, 0.05) is 5.38 Å². The molecule has 0 heterocycles. The summed E-state index contributed by atoms with van der Waals surface area (Å²) in [6, 6.07) is 0. The number of halogens is 1. The number of carboxylic acids is 1. The van der Waals surface area contributed by atoms with Crippen LogP contribution in [0.25, 0.3) is 0 Å². The van der Waals surface area contributed by atoms with Crippen LogP contribution in [-0.4, -0.2) is 16.5 Å². The van der Waals surface area contributed by atoms with Gasteiger partial charge in [0.25, 0.3) is 0 Å². The van der Waals surface area contributed by atoms with Gasteiger partial charge in [-0.25, -0.2) is 0 Å². The fraction of sp³-hybridized carbons (Fsp3) is 0.833. The lowest BCUT2D eigenvalue weighted by Crippen LogP contribution is -2.08. The monoisotopic (exact) mass is 148 g/mol. The zero-order chi connectivity index (χ0) is 6.85. The summed E-state index contributed by atoms with van der Waals surface area (Å²) in [6.45, 7) is 0. The van der Waals surface area contributed by atoms with Gasteiger partial charge in [-0.1, -0.05) is 0 Å². The molecule has 0 saturated heterocycles. The van der Waals surface area contributed by atoms with E-state index in [1.807, 2.05) is 0 Å². The molecule has 2 nitrogen and oxygen atoms in total. The zero-order valence-corrected chi connectivity index (χ0v) is 5.77. The molecule has 1 unspecified atom stereocenters. The maximum Gasteiger partial charge on any atom is 0.304 e. The SMILES string of the molecule is O=C(O)CC(Cl)C1CC1. The van der Waals surface area contributed by atoms with Crippen LogP contribution in [0, 0.1) is 5.92 Å². The van der Waals surface area contributed by atoms with Crippen LogP contribution in [0.15, 0.2) is 0 Å². The van der Waals surface area contributed by atoms with Crippen LogP contribution in [-0.2, 0) is 4.79 Å². The molecule has 0 aromatic rings. The van der Waals surface area contributed by atoms with Crippen molar-refractivity contribution in [2.45, 2.75) is 24.6 Å². The Morgan fingerprint density at radius 1 is 1.78 bits per heavy atom. The summed E-state index contributed by atoms with van der Waals surface area (Å²) in [4.78, 5) is 10.1. The van der Waals surface area contributed by atoms with Crippen molar-refractivity contribution in [2.75, 3.05) is 0 Å². The third-order valence-corrected chi connectivity index (χ3v) is 2.01. The third-order valence-electron chi connectivity index (χ3n) is 1.50. The van der Waals surface area contributed by atoms with Crippen LogP contribution < -0.4 is 0 Å². The average Bonchev–Trinajstić information content (AvgIpc) is 2.40. The molecule has 0 bridgehead atoms. The van der Waals surface area contributed by atoms with Gasteiger partial charge in [-0.2, -0.15) is 0 Å². The molecule has 0 spiro atoms. The van der Waals surface area contributed by atoms with Crippen LogP contribution in [0.3, 0.4) is 0 Å². The molecule has 1 N–H and O–H groups in total. The Morgan fingerprint density at radius 2 is 2.33 bits per heavy atom. The molecule has 1 atom stereocenters. The maximum absolute atomic E-state index is 10.1. The number of alkyl halides is 1. The lowest BCUT2D eigenvalue weighted by Gasteiger charge is -2.00. The molecule has 1 aliphatic carbocycles. The van der Waals surface area contributed by atoms with Crippen molar-refractivity contribution in [2.24, 2.45) is 5.92 Å². The van der Waals surface area contributed by atoms with Crippen LogP contribution in [0.1, 0.15) is 19.3 Å². The van der Waals surface area contributed by atoms with Gasteiger partial charge in [0.2, 0.25) is 0 Å². The molecular weight excluding hydrogens is 140 g/mol. The topological polar surface area (TPSA) is 37.3 Å². The van der Waals surface area contributed by atoms with E-state index in [9.17, 15) is 4.79 Å². The minimum atomic E-state index is -0.790. The lowest BCUT2D eigenvalue weighted by atomic mass is 10.2.